The monoisotopic (exact) mass is 228 g/mol. The first kappa shape index (κ1) is 13.9. The molecule has 96 valence electrons. The summed E-state index contributed by atoms with van der Waals surface area (Å²) in [7, 11) is 0. The Morgan fingerprint density at radius 2 is 2.06 bits per heavy atom. The third-order valence-electron chi connectivity index (χ3n) is 3.36. The van der Waals surface area contributed by atoms with Crippen molar-refractivity contribution in [3.63, 3.8) is 0 Å². The zero-order chi connectivity index (χ0) is 11.8. The van der Waals surface area contributed by atoms with Gasteiger partial charge in [-0.3, -0.25) is 4.90 Å². The van der Waals surface area contributed by atoms with Crippen LogP contribution >= 0.6 is 0 Å². The van der Waals surface area contributed by atoms with Crippen LogP contribution < -0.4 is 5.32 Å². The first-order valence-electron chi connectivity index (χ1n) is 6.79. The quantitative estimate of drug-likeness (QED) is 0.751. The van der Waals surface area contributed by atoms with Crippen molar-refractivity contribution in [2.24, 2.45) is 0 Å². The van der Waals surface area contributed by atoms with Crippen LogP contribution in [-0.2, 0) is 4.74 Å². The SMILES string of the molecule is CCCC(C)NCC(C)N1CCCOCC1. The lowest BCUT2D eigenvalue weighted by Gasteiger charge is -2.28. The van der Waals surface area contributed by atoms with Crippen LogP contribution in [0, 0.1) is 0 Å². The summed E-state index contributed by atoms with van der Waals surface area (Å²) in [6.07, 6.45) is 3.71. The molecule has 0 aliphatic carbocycles. The lowest BCUT2D eigenvalue weighted by molar-refractivity contribution is 0.133. The van der Waals surface area contributed by atoms with Gasteiger partial charge in [-0.2, -0.15) is 0 Å². The van der Waals surface area contributed by atoms with Gasteiger partial charge in [0, 0.05) is 38.3 Å². The minimum atomic E-state index is 0.626. The van der Waals surface area contributed by atoms with Gasteiger partial charge in [-0.15, -0.1) is 0 Å². The third-order valence-corrected chi connectivity index (χ3v) is 3.36. The highest BCUT2D eigenvalue weighted by atomic mass is 16.5. The minimum absolute atomic E-state index is 0.626. The lowest BCUT2D eigenvalue weighted by Crippen LogP contribution is -2.43. The topological polar surface area (TPSA) is 24.5 Å². The van der Waals surface area contributed by atoms with E-state index in [1.165, 1.54) is 25.8 Å². The average Bonchev–Trinajstić information content (AvgIpc) is 2.55. The van der Waals surface area contributed by atoms with E-state index in [1.807, 2.05) is 0 Å². The molecule has 0 radical (unpaired) electrons. The number of nitrogens with zero attached hydrogens (tertiary/aromatic N) is 1. The second-order valence-corrected chi connectivity index (χ2v) is 4.95. The second-order valence-electron chi connectivity index (χ2n) is 4.95. The summed E-state index contributed by atoms with van der Waals surface area (Å²) in [5.74, 6) is 0. The Balaban J connectivity index is 2.19. The van der Waals surface area contributed by atoms with Gasteiger partial charge >= 0.3 is 0 Å². The van der Waals surface area contributed by atoms with Crippen molar-refractivity contribution in [3.8, 4) is 0 Å². The Morgan fingerprint density at radius 3 is 2.81 bits per heavy atom. The molecule has 1 aliphatic heterocycles. The van der Waals surface area contributed by atoms with Crippen LogP contribution in [0.15, 0.2) is 0 Å². The minimum Gasteiger partial charge on any atom is -0.380 e. The molecule has 1 N–H and O–H groups in total. The van der Waals surface area contributed by atoms with Gasteiger partial charge in [0.15, 0.2) is 0 Å². The van der Waals surface area contributed by atoms with E-state index >= 15 is 0 Å². The smallest absolute Gasteiger partial charge is 0.0593 e. The van der Waals surface area contributed by atoms with E-state index in [0.29, 0.717) is 12.1 Å². The molecule has 1 heterocycles. The first-order chi connectivity index (χ1) is 7.74. The first-order valence-corrected chi connectivity index (χ1v) is 6.79. The second kappa shape index (κ2) is 8.04. The fourth-order valence-electron chi connectivity index (χ4n) is 2.24. The Bertz CT molecular complexity index is 167. The molecular weight excluding hydrogens is 200 g/mol. The molecule has 16 heavy (non-hydrogen) atoms. The van der Waals surface area contributed by atoms with Crippen LogP contribution in [0.2, 0.25) is 0 Å². The van der Waals surface area contributed by atoms with Gasteiger partial charge in [-0.25, -0.2) is 0 Å². The molecule has 1 fully saturated rings. The van der Waals surface area contributed by atoms with Crippen molar-refractivity contribution >= 4 is 0 Å². The molecule has 0 aromatic carbocycles. The zero-order valence-corrected chi connectivity index (χ0v) is 11.2. The van der Waals surface area contributed by atoms with Gasteiger partial charge < -0.3 is 10.1 Å². The standard InChI is InChI=1S/C13H28N2O/c1-4-6-12(2)14-11-13(3)15-7-5-9-16-10-8-15/h12-14H,4-11H2,1-3H3. The maximum atomic E-state index is 5.48. The molecule has 0 saturated carbocycles. The van der Waals surface area contributed by atoms with E-state index < -0.39 is 0 Å². The van der Waals surface area contributed by atoms with Crippen molar-refractivity contribution in [2.75, 3.05) is 32.8 Å². The van der Waals surface area contributed by atoms with Crippen LogP contribution in [0.25, 0.3) is 0 Å². The van der Waals surface area contributed by atoms with Gasteiger partial charge in [-0.05, 0) is 26.7 Å². The van der Waals surface area contributed by atoms with Crippen LogP contribution in [0.5, 0.6) is 0 Å². The van der Waals surface area contributed by atoms with Crippen LogP contribution in [-0.4, -0.2) is 49.8 Å². The summed E-state index contributed by atoms with van der Waals surface area (Å²) in [4.78, 5) is 2.54. The molecule has 0 aromatic heterocycles. The predicted octanol–water partition coefficient (Wildman–Crippen LogP) is 1.88. The molecule has 3 nitrogen and oxygen atoms in total. The molecule has 2 atom stereocenters. The maximum absolute atomic E-state index is 5.48. The average molecular weight is 228 g/mol. The molecule has 1 saturated heterocycles. The normalized spacial score (nSPS) is 22.7. The number of hydrogen-bond acceptors (Lipinski definition) is 3. The summed E-state index contributed by atoms with van der Waals surface area (Å²) >= 11 is 0. The van der Waals surface area contributed by atoms with Crippen LogP contribution in [0.1, 0.15) is 40.0 Å². The van der Waals surface area contributed by atoms with Gasteiger partial charge in [0.2, 0.25) is 0 Å². The van der Waals surface area contributed by atoms with Crippen molar-refractivity contribution in [1.29, 1.82) is 0 Å². The molecule has 1 aliphatic rings. The molecule has 2 unspecified atom stereocenters. The summed E-state index contributed by atoms with van der Waals surface area (Å²) in [6, 6.07) is 1.27. The van der Waals surface area contributed by atoms with Gasteiger partial charge in [0.25, 0.3) is 0 Å². The fraction of sp³-hybridized carbons (Fsp3) is 1.00. The van der Waals surface area contributed by atoms with Gasteiger partial charge in [-0.1, -0.05) is 13.3 Å². The van der Waals surface area contributed by atoms with E-state index in [2.05, 4.69) is 31.0 Å². The van der Waals surface area contributed by atoms with Crippen molar-refractivity contribution in [2.45, 2.75) is 52.1 Å². The molecular formula is C13H28N2O. The Morgan fingerprint density at radius 1 is 1.25 bits per heavy atom. The predicted molar refractivity (Wildman–Crippen MR) is 68.8 cm³/mol. The van der Waals surface area contributed by atoms with Crippen LogP contribution in [0.3, 0.4) is 0 Å². The number of nitrogens with one attached hydrogen (secondary N) is 1. The Hall–Kier alpha value is -0.120. The lowest BCUT2D eigenvalue weighted by atomic mass is 10.2. The van der Waals surface area contributed by atoms with Gasteiger partial charge in [0.1, 0.15) is 0 Å². The number of rotatable bonds is 6. The summed E-state index contributed by atoms with van der Waals surface area (Å²) in [6.45, 7) is 12.0. The van der Waals surface area contributed by atoms with Crippen LogP contribution in [0.4, 0.5) is 0 Å². The van der Waals surface area contributed by atoms with E-state index in [-0.39, 0.29) is 0 Å². The van der Waals surface area contributed by atoms with E-state index in [1.54, 1.807) is 0 Å². The molecule has 1 rings (SSSR count). The largest absolute Gasteiger partial charge is 0.380 e. The molecule has 0 amide bonds. The summed E-state index contributed by atoms with van der Waals surface area (Å²) in [5, 5.41) is 3.62. The van der Waals surface area contributed by atoms with E-state index in [0.717, 1.165) is 26.3 Å². The van der Waals surface area contributed by atoms with E-state index in [9.17, 15) is 0 Å². The highest BCUT2D eigenvalue weighted by Gasteiger charge is 2.15. The number of ether oxygens (including phenoxy) is 1. The van der Waals surface area contributed by atoms with E-state index in [4.69, 9.17) is 4.74 Å². The molecule has 0 bridgehead atoms. The zero-order valence-electron chi connectivity index (χ0n) is 11.2. The van der Waals surface area contributed by atoms with Crippen molar-refractivity contribution in [3.05, 3.63) is 0 Å². The van der Waals surface area contributed by atoms with Crippen molar-refractivity contribution in [1.82, 2.24) is 10.2 Å². The molecule has 0 aromatic rings. The van der Waals surface area contributed by atoms with Crippen molar-refractivity contribution < 1.29 is 4.74 Å². The highest BCUT2D eigenvalue weighted by molar-refractivity contribution is 4.73. The molecule has 0 spiro atoms. The summed E-state index contributed by atoms with van der Waals surface area (Å²) in [5.41, 5.74) is 0. The maximum Gasteiger partial charge on any atom is 0.0593 e. The third kappa shape index (κ3) is 5.28. The molecule has 3 heteroatoms. The highest BCUT2D eigenvalue weighted by Crippen LogP contribution is 2.04. The Kier molecular flexibility index (Phi) is 7.01. The summed E-state index contributed by atoms with van der Waals surface area (Å²) < 4.78 is 5.48. The van der Waals surface area contributed by atoms with Gasteiger partial charge in [0.05, 0.1) is 6.61 Å². The number of hydrogen-bond donors (Lipinski definition) is 1. The Labute approximate surface area is 101 Å². The fourth-order valence-corrected chi connectivity index (χ4v) is 2.24.